The normalized spacial score (nSPS) is 15.4. The number of aliphatic hydroxyl groups is 1. The van der Waals surface area contributed by atoms with Crippen LogP contribution in [0, 0.1) is 0 Å². The Morgan fingerprint density at radius 2 is 2.04 bits per heavy atom. The van der Waals surface area contributed by atoms with Gasteiger partial charge >= 0.3 is 0 Å². The van der Waals surface area contributed by atoms with Crippen LogP contribution in [0.1, 0.15) is 23.2 Å². The van der Waals surface area contributed by atoms with Crippen LogP contribution >= 0.6 is 11.6 Å². The molecule has 0 bridgehead atoms. The lowest BCUT2D eigenvalue weighted by Crippen LogP contribution is -2.34. The molecule has 24 heavy (non-hydrogen) atoms. The zero-order valence-corrected chi connectivity index (χ0v) is 13.8. The Kier molecular flexibility index (Phi) is 3.70. The first-order valence-electron chi connectivity index (χ1n) is 7.57. The third kappa shape index (κ3) is 2.63. The smallest absolute Gasteiger partial charge is 0.225 e. The molecule has 3 aromatic heterocycles. The third-order valence-electron chi connectivity index (χ3n) is 4.13. The molecule has 1 aliphatic rings. The number of hydrogen-bond acceptors (Lipinski definition) is 6. The zero-order valence-electron chi connectivity index (χ0n) is 13.0. The molecule has 1 aliphatic heterocycles. The number of hydrogen-bond donors (Lipinski definition) is 1. The number of fused-ring (bicyclic) bond motifs is 1. The van der Waals surface area contributed by atoms with Crippen molar-refractivity contribution in [3.63, 3.8) is 0 Å². The summed E-state index contributed by atoms with van der Waals surface area (Å²) in [7, 11) is 1.80. The Labute approximate surface area is 143 Å². The van der Waals surface area contributed by atoms with E-state index in [9.17, 15) is 5.11 Å². The molecule has 1 N–H and O–H groups in total. The second-order valence-electron chi connectivity index (χ2n) is 5.69. The van der Waals surface area contributed by atoms with E-state index in [1.807, 2.05) is 10.7 Å². The summed E-state index contributed by atoms with van der Waals surface area (Å²) in [5.74, 6) is 0.639. The van der Waals surface area contributed by atoms with Crippen LogP contribution in [0.3, 0.4) is 0 Å². The molecule has 0 radical (unpaired) electrons. The number of halogens is 1. The first-order valence-corrected chi connectivity index (χ1v) is 7.94. The van der Waals surface area contributed by atoms with Gasteiger partial charge in [0, 0.05) is 19.8 Å². The van der Waals surface area contributed by atoms with Gasteiger partial charge in [0.2, 0.25) is 5.95 Å². The average molecular weight is 346 g/mol. The highest BCUT2D eigenvalue weighted by molar-refractivity contribution is 6.30. The maximum atomic E-state index is 10.5. The minimum atomic E-state index is -0.796. The number of aliphatic hydroxyl groups excluding tert-OH is 1. The molecule has 0 spiro atoms. The molecule has 1 atom stereocenters. The van der Waals surface area contributed by atoms with Crippen LogP contribution in [0.25, 0.3) is 0 Å². The van der Waals surface area contributed by atoms with Crippen LogP contribution in [-0.2, 0) is 20.1 Å². The Morgan fingerprint density at radius 1 is 1.25 bits per heavy atom. The maximum absolute atomic E-state index is 10.5. The largest absolute Gasteiger partial charge is 0.380 e. The molecule has 4 rings (SSSR count). The molecule has 4 heterocycles. The Bertz CT molecular complexity index is 857. The lowest BCUT2D eigenvalue weighted by atomic mass is 10.1. The molecule has 0 fully saturated rings. The first-order chi connectivity index (χ1) is 11.6. The van der Waals surface area contributed by atoms with Gasteiger partial charge in [-0.2, -0.15) is 10.2 Å². The minimum Gasteiger partial charge on any atom is -0.380 e. The van der Waals surface area contributed by atoms with Crippen LogP contribution in [-0.4, -0.2) is 41.2 Å². The van der Waals surface area contributed by atoms with E-state index in [0.29, 0.717) is 35.4 Å². The molecule has 3 aromatic rings. The summed E-state index contributed by atoms with van der Waals surface area (Å²) in [5, 5.41) is 19.7. The predicted octanol–water partition coefficient (Wildman–Crippen LogP) is 1.16. The fraction of sp³-hybridized carbons (Fsp3) is 0.333. The van der Waals surface area contributed by atoms with Crippen LogP contribution in [0.15, 0.2) is 30.7 Å². The van der Waals surface area contributed by atoms with Gasteiger partial charge in [0.25, 0.3) is 0 Å². The van der Waals surface area contributed by atoms with Gasteiger partial charge in [-0.1, -0.05) is 11.6 Å². The monoisotopic (exact) mass is 345 g/mol. The summed E-state index contributed by atoms with van der Waals surface area (Å²) in [6, 6.07) is 3.70. The first kappa shape index (κ1) is 15.1. The quantitative estimate of drug-likeness (QED) is 0.766. The van der Waals surface area contributed by atoms with Crippen molar-refractivity contribution in [3.8, 4) is 0 Å². The van der Waals surface area contributed by atoms with Gasteiger partial charge in [0.15, 0.2) is 0 Å². The van der Waals surface area contributed by atoms with Crippen molar-refractivity contribution >= 4 is 17.5 Å². The van der Waals surface area contributed by atoms with Gasteiger partial charge in [0.05, 0.1) is 47.6 Å². The van der Waals surface area contributed by atoms with Gasteiger partial charge < -0.3 is 10.0 Å². The molecule has 8 nitrogen and oxygen atoms in total. The summed E-state index contributed by atoms with van der Waals surface area (Å²) in [6.45, 7) is 2.09. The molecule has 0 amide bonds. The highest BCUT2D eigenvalue weighted by atomic mass is 35.5. The Hall–Kier alpha value is -2.45. The molecule has 0 aliphatic carbocycles. The second kappa shape index (κ2) is 5.88. The van der Waals surface area contributed by atoms with Gasteiger partial charge in [-0.3, -0.25) is 9.36 Å². The van der Waals surface area contributed by atoms with Crippen LogP contribution in [0.5, 0.6) is 0 Å². The van der Waals surface area contributed by atoms with Crippen molar-refractivity contribution in [1.29, 1.82) is 0 Å². The predicted molar refractivity (Wildman–Crippen MR) is 87.6 cm³/mol. The van der Waals surface area contributed by atoms with E-state index in [4.69, 9.17) is 11.6 Å². The highest BCUT2D eigenvalue weighted by Gasteiger charge is 2.24. The Morgan fingerprint density at radius 3 is 2.75 bits per heavy atom. The molecule has 0 saturated carbocycles. The Balaban J connectivity index is 1.58. The minimum absolute atomic E-state index is 0.516. The van der Waals surface area contributed by atoms with Crippen LogP contribution in [0.2, 0.25) is 5.02 Å². The fourth-order valence-corrected chi connectivity index (χ4v) is 2.96. The van der Waals surface area contributed by atoms with E-state index < -0.39 is 6.10 Å². The van der Waals surface area contributed by atoms with Crippen molar-refractivity contribution in [2.45, 2.75) is 19.2 Å². The molecule has 0 unspecified atom stereocenters. The summed E-state index contributed by atoms with van der Waals surface area (Å²) >= 11 is 5.84. The lowest BCUT2D eigenvalue weighted by Gasteiger charge is -2.27. The second-order valence-corrected chi connectivity index (χ2v) is 6.13. The molecule has 124 valence electrons. The van der Waals surface area contributed by atoms with Crippen molar-refractivity contribution in [2.75, 3.05) is 11.4 Å². The van der Waals surface area contributed by atoms with Crippen LogP contribution < -0.4 is 4.90 Å². The topological polar surface area (TPSA) is 84.9 Å². The van der Waals surface area contributed by atoms with Crippen molar-refractivity contribution in [1.82, 2.24) is 29.5 Å². The van der Waals surface area contributed by atoms with Gasteiger partial charge in [-0.15, -0.1) is 0 Å². The SMILES string of the molecule is Cn1nccc1[C@@H](O)c1cc2n(n1)CCN(c1ncc(Cl)cn1)C2. The summed E-state index contributed by atoms with van der Waals surface area (Å²) < 4.78 is 3.57. The maximum Gasteiger partial charge on any atom is 0.225 e. The number of aromatic nitrogens is 6. The van der Waals surface area contributed by atoms with Crippen molar-refractivity contribution < 1.29 is 5.11 Å². The molecule has 0 saturated heterocycles. The van der Waals surface area contributed by atoms with E-state index in [1.165, 1.54) is 0 Å². The van der Waals surface area contributed by atoms with Gasteiger partial charge in [-0.05, 0) is 12.1 Å². The van der Waals surface area contributed by atoms with E-state index >= 15 is 0 Å². The fourth-order valence-electron chi connectivity index (χ4n) is 2.87. The van der Waals surface area contributed by atoms with Gasteiger partial charge in [0.1, 0.15) is 6.10 Å². The standard InChI is InChI=1S/C15H16ClN7O/c1-21-13(2-3-19-21)14(24)12-6-11-9-22(4-5-23(11)20-12)15-17-7-10(16)8-18-15/h2-3,6-8,14,24H,4-5,9H2,1H3/t14-/m0/s1. The summed E-state index contributed by atoms with van der Waals surface area (Å²) in [4.78, 5) is 10.6. The number of rotatable bonds is 3. The molecular weight excluding hydrogens is 330 g/mol. The van der Waals surface area contributed by atoms with E-state index in [1.54, 1.807) is 36.4 Å². The van der Waals surface area contributed by atoms with Crippen molar-refractivity contribution in [3.05, 3.63) is 52.8 Å². The number of anilines is 1. The highest BCUT2D eigenvalue weighted by Crippen LogP contribution is 2.24. The summed E-state index contributed by atoms with van der Waals surface area (Å²) in [6.07, 6.45) is 4.05. The van der Waals surface area contributed by atoms with E-state index in [0.717, 1.165) is 12.2 Å². The molecule has 9 heteroatoms. The van der Waals surface area contributed by atoms with Crippen LogP contribution in [0.4, 0.5) is 5.95 Å². The lowest BCUT2D eigenvalue weighted by molar-refractivity contribution is 0.203. The van der Waals surface area contributed by atoms with Crippen molar-refractivity contribution in [2.24, 2.45) is 7.05 Å². The molecular formula is C15H16ClN7O. The van der Waals surface area contributed by atoms with Gasteiger partial charge in [-0.25, -0.2) is 9.97 Å². The average Bonchev–Trinajstić information content (AvgIpc) is 3.20. The third-order valence-corrected chi connectivity index (χ3v) is 4.32. The van der Waals surface area contributed by atoms with E-state index in [-0.39, 0.29) is 0 Å². The summed E-state index contributed by atoms with van der Waals surface area (Å²) in [5.41, 5.74) is 2.34. The molecule has 0 aromatic carbocycles. The number of aryl methyl sites for hydroxylation is 1. The number of nitrogens with zero attached hydrogens (tertiary/aromatic N) is 7. The van der Waals surface area contributed by atoms with E-state index in [2.05, 4.69) is 25.1 Å². The zero-order chi connectivity index (χ0) is 16.7.